The van der Waals surface area contributed by atoms with Crippen molar-refractivity contribution >= 4 is 38.6 Å². The fraction of sp³-hybridized carbons (Fsp3) is 0.0159. The molecule has 0 saturated carbocycles. The van der Waals surface area contributed by atoms with Crippen LogP contribution in [0.15, 0.2) is 249 Å². The van der Waals surface area contributed by atoms with Crippen LogP contribution in [-0.2, 0) is 5.41 Å². The molecule has 0 radical (unpaired) electrons. The van der Waals surface area contributed by atoms with Crippen LogP contribution in [0.4, 0.5) is 17.1 Å². The van der Waals surface area contributed by atoms with Gasteiger partial charge >= 0.3 is 0 Å². The van der Waals surface area contributed by atoms with Crippen LogP contribution in [0.25, 0.3) is 77.2 Å². The second-order valence-electron chi connectivity index (χ2n) is 17.1. The van der Waals surface area contributed by atoms with Crippen molar-refractivity contribution in [1.82, 2.24) is 0 Å². The first-order valence-corrected chi connectivity index (χ1v) is 22.3. The topological polar surface area (TPSA) is 3.24 Å². The third-order valence-corrected chi connectivity index (χ3v) is 13.9. The van der Waals surface area contributed by atoms with Crippen LogP contribution in [0.1, 0.15) is 22.3 Å². The fourth-order valence-corrected chi connectivity index (χ4v) is 11.2. The lowest BCUT2D eigenvalue weighted by Crippen LogP contribution is -2.29. The van der Waals surface area contributed by atoms with Crippen molar-refractivity contribution < 1.29 is 0 Å². The fourth-order valence-electron chi connectivity index (χ4n) is 11.2. The Labute approximate surface area is 373 Å². The van der Waals surface area contributed by atoms with E-state index in [4.69, 9.17) is 0 Å². The molecule has 11 aromatic rings. The summed E-state index contributed by atoms with van der Waals surface area (Å²) in [5, 5.41) is 5.16. The molecule has 2 aliphatic rings. The summed E-state index contributed by atoms with van der Waals surface area (Å²) in [6, 6.07) is 92.2. The molecule has 0 aromatic heterocycles. The van der Waals surface area contributed by atoms with Gasteiger partial charge in [-0.25, -0.2) is 0 Å². The van der Waals surface area contributed by atoms with Gasteiger partial charge in [-0.05, 0) is 136 Å². The normalized spacial score (nSPS) is 14.3. The van der Waals surface area contributed by atoms with E-state index >= 15 is 0 Å². The maximum absolute atomic E-state index is 2.47. The summed E-state index contributed by atoms with van der Waals surface area (Å²) in [5.74, 6) is 0. The zero-order valence-corrected chi connectivity index (χ0v) is 35.1. The molecule has 1 unspecified atom stereocenters. The van der Waals surface area contributed by atoms with E-state index in [-0.39, 0.29) is 0 Å². The van der Waals surface area contributed by atoms with Crippen molar-refractivity contribution in [2.45, 2.75) is 5.41 Å². The number of hydrogen-bond acceptors (Lipinski definition) is 1. The minimum Gasteiger partial charge on any atom is -0.310 e. The molecule has 2 aliphatic carbocycles. The third kappa shape index (κ3) is 5.31. The zero-order valence-electron chi connectivity index (χ0n) is 35.1. The van der Waals surface area contributed by atoms with Gasteiger partial charge in [-0.15, -0.1) is 0 Å². The Morgan fingerprint density at radius 2 is 0.656 bits per heavy atom. The Bertz CT molecular complexity index is 3590. The van der Waals surface area contributed by atoms with Crippen LogP contribution in [0.5, 0.6) is 0 Å². The summed E-state index contributed by atoms with van der Waals surface area (Å²) in [7, 11) is 0. The molecule has 0 heterocycles. The summed E-state index contributed by atoms with van der Waals surface area (Å²) in [6.07, 6.45) is 0. The summed E-state index contributed by atoms with van der Waals surface area (Å²) < 4.78 is 0. The highest BCUT2D eigenvalue weighted by Gasteiger charge is 2.51. The van der Waals surface area contributed by atoms with Crippen molar-refractivity contribution in [3.8, 4) is 55.6 Å². The molecule has 1 atom stereocenters. The lowest BCUT2D eigenvalue weighted by molar-refractivity contribution is 0.783. The zero-order chi connectivity index (χ0) is 42.2. The molecule has 1 nitrogen and oxygen atoms in total. The van der Waals surface area contributed by atoms with Crippen LogP contribution >= 0.6 is 0 Å². The van der Waals surface area contributed by atoms with Gasteiger partial charge in [-0.3, -0.25) is 0 Å². The van der Waals surface area contributed by atoms with Gasteiger partial charge in [0, 0.05) is 17.1 Å². The standard InChI is InChI=1S/C63H41N/c1-3-17-42(18-4-1)43-31-33-44(34-32-43)45-35-37-47(38-36-45)64(46-19-5-2-6-20-46)48-39-40-60-57(41-48)52-24-8-7-21-49(52)53-25-13-15-29-58(53)63(60)59-30-16-14-28-56(59)61-54-26-11-9-22-50(54)51-23-10-12-27-55(51)62(61)63/h1-41H. The maximum Gasteiger partial charge on any atom is 0.0731 e. The Morgan fingerprint density at radius 3 is 1.31 bits per heavy atom. The van der Waals surface area contributed by atoms with Gasteiger partial charge in [-0.2, -0.15) is 0 Å². The second-order valence-corrected chi connectivity index (χ2v) is 17.1. The van der Waals surface area contributed by atoms with E-state index in [2.05, 4.69) is 254 Å². The van der Waals surface area contributed by atoms with Crippen molar-refractivity contribution in [3.05, 3.63) is 271 Å². The molecule has 0 amide bonds. The van der Waals surface area contributed by atoms with Crippen molar-refractivity contribution in [2.75, 3.05) is 4.90 Å². The van der Waals surface area contributed by atoms with Crippen LogP contribution in [0.3, 0.4) is 0 Å². The SMILES string of the molecule is c1ccc(-c2ccc(-c3ccc(N(c4ccccc4)c4ccc5c(c4)-c4ccccc4-c4ccccc4C54c5ccccc5-c5c4c4ccccc4c4ccccc54)cc3)cc2)cc1. The number of para-hydroxylation sites is 1. The molecule has 13 rings (SSSR count). The summed E-state index contributed by atoms with van der Waals surface area (Å²) in [4.78, 5) is 2.41. The number of fused-ring (bicyclic) bond motifs is 17. The van der Waals surface area contributed by atoms with Crippen LogP contribution in [-0.4, -0.2) is 0 Å². The van der Waals surface area contributed by atoms with Crippen molar-refractivity contribution in [3.63, 3.8) is 0 Å². The molecule has 1 heteroatoms. The average Bonchev–Trinajstić information content (AvgIpc) is 3.64. The third-order valence-electron chi connectivity index (χ3n) is 13.9. The van der Waals surface area contributed by atoms with Gasteiger partial charge in [0.25, 0.3) is 0 Å². The predicted molar refractivity (Wildman–Crippen MR) is 269 cm³/mol. The number of anilines is 3. The number of rotatable bonds is 5. The second kappa shape index (κ2) is 14.4. The number of benzene rings is 11. The van der Waals surface area contributed by atoms with E-state index in [1.165, 1.54) is 99.4 Å². The van der Waals surface area contributed by atoms with E-state index in [0.29, 0.717) is 0 Å². The average molecular weight is 812 g/mol. The molecule has 0 saturated heterocycles. The largest absolute Gasteiger partial charge is 0.310 e. The molecular weight excluding hydrogens is 771 g/mol. The monoisotopic (exact) mass is 811 g/mol. The number of hydrogen-bond donors (Lipinski definition) is 0. The van der Waals surface area contributed by atoms with Gasteiger partial charge in [0.2, 0.25) is 0 Å². The summed E-state index contributed by atoms with van der Waals surface area (Å²) in [6.45, 7) is 0. The van der Waals surface area contributed by atoms with E-state index in [0.717, 1.165) is 17.1 Å². The molecule has 1 spiro atoms. The van der Waals surface area contributed by atoms with E-state index in [1.807, 2.05) is 0 Å². The molecule has 0 fully saturated rings. The van der Waals surface area contributed by atoms with E-state index in [1.54, 1.807) is 0 Å². The van der Waals surface area contributed by atoms with E-state index < -0.39 is 5.41 Å². The van der Waals surface area contributed by atoms with Crippen molar-refractivity contribution in [2.24, 2.45) is 0 Å². The van der Waals surface area contributed by atoms with Gasteiger partial charge in [0.1, 0.15) is 0 Å². The Hall–Kier alpha value is -8.26. The molecule has 0 N–H and O–H groups in total. The Balaban J connectivity index is 1.06. The predicted octanol–water partition coefficient (Wildman–Crippen LogP) is 16.8. The molecule has 0 bridgehead atoms. The lowest BCUT2D eigenvalue weighted by Gasteiger charge is -2.37. The number of nitrogens with zero attached hydrogens (tertiary/aromatic N) is 1. The van der Waals surface area contributed by atoms with E-state index in [9.17, 15) is 0 Å². The molecule has 0 aliphatic heterocycles. The first-order valence-electron chi connectivity index (χ1n) is 22.3. The van der Waals surface area contributed by atoms with Gasteiger partial charge in [-0.1, -0.05) is 212 Å². The minimum absolute atomic E-state index is 0.617. The molecule has 64 heavy (non-hydrogen) atoms. The van der Waals surface area contributed by atoms with Crippen LogP contribution < -0.4 is 4.90 Å². The Kier molecular flexibility index (Phi) is 8.20. The highest BCUT2D eigenvalue weighted by molar-refractivity contribution is 6.19. The van der Waals surface area contributed by atoms with Gasteiger partial charge in [0.15, 0.2) is 0 Å². The first-order chi connectivity index (χ1) is 31.8. The molecule has 298 valence electrons. The lowest BCUT2D eigenvalue weighted by atomic mass is 9.64. The maximum atomic E-state index is 2.47. The first kappa shape index (κ1) is 36.4. The van der Waals surface area contributed by atoms with Gasteiger partial charge < -0.3 is 4.90 Å². The smallest absolute Gasteiger partial charge is 0.0731 e. The molecular formula is C63H41N. The Morgan fingerprint density at radius 1 is 0.250 bits per heavy atom. The highest BCUT2D eigenvalue weighted by atomic mass is 15.1. The van der Waals surface area contributed by atoms with Crippen LogP contribution in [0.2, 0.25) is 0 Å². The van der Waals surface area contributed by atoms with Crippen molar-refractivity contribution in [1.29, 1.82) is 0 Å². The van der Waals surface area contributed by atoms with Crippen LogP contribution in [0, 0.1) is 0 Å². The van der Waals surface area contributed by atoms with Gasteiger partial charge in [0.05, 0.1) is 5.41 Å². The quantitative estimate of drug-likeness (QED) is 0.157. The minimum atomic E-state index is -0.617. The highest BCUT2D eigenvalue weighted by Crippen LogP contribution is 2.64. The summed E-state index contributed by atoms with van der Waals surface area (Å²) in [5.41, 5.74) is 20.5. The molecule has 11 aromatic carbocycles. The summed E-state index contributed by atoms with van der Waals surface area (Å²) >= 11 is 0.